The molecule has 1 fully saturated rings. The highest BCUT2D eigenvalue weighted by Crippen LogP contribution is 2.29. The van der Waals surface area contributed by atoms with Crippen molar-refractivity contribution in [1.29, 1.82) is 0 Å². The minimum atomic E-state index is -0.220. The number of anilines is 1. The fraction of sp³-hybridized carbons (Fsp3) is 0.304. The molecule has 0 unspecified atom stereocenters. The van der Waals surface area contributed by atoms with Crippen LogP contribution in [0.4, 0.5) is 5.69 Å². The van der Waals surface area contributed by atoms with Gasteiger partial charge in [-0.25, -0.2) is 0 Å². The van der Waals surface area contributed by atoms with Gasteiger partial charge in [0, 0.05) is 37.3 Å². The van der Waals surface area contributed by atoms with Crippen LogP contribution in [0.15, 0.2) is 47.0 Å². The van der Waals surface area contributed by atoms with Crippen LogP contribution in [-0.2, 0) is 11.3 Å². The summed E-state index contributed by atoms with van der Waals surface area (Å²) in [7, 11) is 0. The quantitative estimate of drug-likeness (QED) is 0.674. The number of amides is 2. The Morgan fingerprint density at radius 3 is 2.75 bits per heavy atom. The molecule has 0 atom stereocenters. The van der Waals surface area contributed by atoms with Gasteiger partial charge in [-0.1, -0.05) is 29.4 Å². The SMILES string of the molecule is Cc1ccccc1-c1noc(CN2CCN(C(=O)c3ccc4c(c3)NC(=O)CO4)CC2)n1. The fourth-order valence-corrected chi connectivity index (χ4v) is 3.95. The van der Waals surface area contributed by atoms with E-state index in [0.717, 1.165) is 11.1 Å². The third-order valence-corrected chi connectivity index (χ3v) is 5.73. The van der Waals surface area contributed by atoms with E-state index in [1.54, 1.807) is 18.2 Å². The van der Waals surface area contributed by atoms with Crippen molar-refractivity contribution in [2.75, 3.05) is 38.1 Å². The number of carbonyl (C=O) groups is 2. The van der Waals surface area contributed by atoms with Crippen LogP contribution in [-0.4, -0.2) is 64.5 Å². The molecule has 9 nitrogen and oxygen atoms in total. The summed E-state index contributed by atoms with van der Waals surface area (Å²) < 4.78 is 10.8. The number of nitrogens with zero attached hydrogens (tertiary/aromatic N) is 4. The molecule has 0 bridgehead atoms. The smallest absolute Gasteiger partial charge is 0.262 e. The molecule has 2 aromatic carbocycles. The summed E-state index contributed by atoms with van der Waals surface area (Å²) in [4.78, 5) is 33.0. The first kappa shape index (κ1) is 20.2. The molecule has 2 aliphatic rings. The fourth-order valence-electron chi connectivity index (χ4n) is 3.95. The number of rotatable bonds is 4. The Morgan fingerprint density at radius 2 is 1.94 bits per heavy atom. The molecular formula is C23H23N5O4. The van der Waals surface area contributed by atoms with E-state index in [1.165, 1.54) is 0 Å². The van der Waals surface area contributed by atoms with Crippen LogP contribution >= 0.6 is 0 Å². The molecule has 1 N–H and O–H groups in total. The van der Waals surface area contributed by atoms with Gasteiger partial charge < -0.3 is 19.5 Å². The van der Waals surface area contributed by atoms with Crippen molar-refractivity contribution in [2.45, 2.75) is 13.5 Å². The van der Waals surface area contributed by atoms with E-state index >= 15 is 0 Å². The topological polar surface area (TPSA) is 101 Å². The molecule has 0 radical (unpaired) electrons. The minimum absolute atomic E-state index is 0.00521. The van der Waals surface area contributed by atoms with E-state index in [0.29, 0.717) is 61.4 Å². The maximum atomic E-state index is 12.9. The maximum Gasteiger partial charge on any atom is 0.262 e. The number of hydrogen-bond acceptors (Lipinski definition) is 7. The monoisotopic (exact) mass is 433 g/mol. The molecule has 1 saturated heterocycles. The van der Waals surface area contributed by atoms with Crippen LogP contribution in [0.25, 0.3) is 11.4 Å². The van der Waals surface area contributed by atoms with Gasteiger partial charge in [-0.2, -0.15) is 4.98 Å². The predicted octanol–water partition coefficient (Wildman–Crippen LogP) is 2.33. The average molecular weight is 433 g/mol. The molecule has 2 amide bonds. The van der Waals surface area contributed by atoms with Gasteiger partial charge in [0.2, 0.25) is 11.7 Å². The summed E-state index contributed by atoms with van der Waals surface area (Å²) in [6, 6.07) is 13.1. The summed E-state index contributed by atoms with van der Waals surface area (Å²) in [5, 5.41) is 6.86. The number of aryl methyl sites for hydroxylation is 1. The van der Waals surface area contributed by atoms with Gasteiger partial charge in [-0.15, -0.1) is 0 Å². The second-order valence-electron chi connectivity index (χ2n) is 7.94. The van der Waals surface area contributed by atoms with E-state index in [2.05, 4.69) is 20.4 Å². The molecule has 2 aliphatic heterocycles. The van der Waals surface area contributed by atoms with Gasteiger partial charge in [0.05, 0.1) is 12.2 Å². The Morgan fingerprint density at radius 1 is 1.12 bits per heavy atom. The second-order valence-corrected chi connectivity index (χ2v) is 7.94. The van der Waals surface area contributed by atoms with Crippen LogP contribution < -0.4 is 10.1 Å². The zero-order chi connectivity index (χ0) is 22.1. The van der Waals surface area contributed by atoms with Gasteiger partial charge in [-0.05, 0) is 30.7 Å². The van der Waals surface area contributed by atoms with Crippen LogP contribution in [0.1, 0.15) is 21.8 Å². The van der Waals surface area contributed by atoms with Crippen LogP contribution in [0.3, 0.4) is 0 Å². The van der Waals surface area contributed by atoms with Gasteiger partial charge in [0.25, 0.3) is 11.8 Å². The molecule has 3 heterocycles. The van der Waals surface area contributed by atoms with Gasteiger partial charge in [0.1, 0.15) is 5.75 Å². The molecular weight excluding hydrogens is 410 g/mol. The summed E-state index contributed by atoms with van der Waals surface area (Å²) in [5.41, 5.74) is 3.12. The summed E-state index contributed by atoms with van der Waals surface area (Å²) in [6.45, 7) is 5.16. The molecule has 1 aromatic heterocycles. The first-order valence-electron chi connectivity index (χ1n) is 10.5. The number of fused-ring (bicyclic) bond motifs is 1. The van der Waals surface area contributed by atoms with Crippen molar-refractivity contribution in [3.63, 3.8) is 0 Å². The lowest BCUT2D eigenvalue weighted by Gasteiger charge is -2.34. The Kier molecular flexibility index (Phi) is 5.32. The van der Waals surface area contributed by atoms with Crippen LogP contribution in [0.2, 0.25) is 0 Å². The first-order valence-corrected chi connectivity index (χ1v) is 10.5. The molecule has 0 aliphatic carbocycles. The molecule has 3 aromatic rings. The van der Waals surface area contributed by atoms with E-state index in [1.807, 2.05) is 36.1 Å². The lowest BCUT2D eigenvalue weighted by atomic mass is 10.1. The number of ether oxygens (including phenoxy) is 1. The Bertz CT molecular complexity index is 1170. The number of nitrogens with one attached hydrogen (secondary N) is 1. The van der Waals surface area contributed by atoms with Crippen molar-refractivity contribution >= 4 is 17.5 Å². The summed E-state index contributed by atoms with van der Waals surface area (Å²) in [6.07, 6.45) is 0. The van der Waals surface area contributed by atoms with Crippen molar-refractivity contribution in [1.82, 2.24) is 19.9 Å². The van der Waals surface area contributed by atoms with Gasteiger partial charge >= 0.3 is 0 Å². The average Bonchev–Trinajstić information content (AvgIpc) is 3.27. The van der Waals surface area contributed by atoms with E-state index in [9.17, 15) is 9.59 Å². The predicted molar refractivity (Wildman–Crippen MR) is 116 cm³/mol. The Balaban J connectivity index is 1.19. The zero-order valence-corrected chi connectivity index (χ0v) is 17.7. The largest absolute Gasteiger partial charge is 0.482 e. The lowest BCUT2D eigenvalue weighted by Crippen LogP contribution is -2.48. The lowest BCUT2D eigenvalue weighted by molar-refractivity contribution is -0.118. The van der Waals surface area contributed by atoms with E-state index in [4.69, 9.17) is 9.26 Å². The number of hydrogen-bond donors (Lipinski definition) is 1. The van der Waals surface area contributed by atoms with Crippen molar-refractivity contribution in [2.24, 2.45) is 0 Å². The highest BCUT2D eigenvalue weighted by Gasteiger charge is 2.25. The molecule has 164 valence electrons. The normalized spacial score (nSPS) is 16.3. The highest BCUT2D eigenvalue weighted by atomic mass is 16.5. The second kappa shape index (κ2) is 8.43. The molecule has 32 heavy (non-hydrogen) atoms. The molecule has 9 heteroatoms. The molecule has 0 spiro atoms. The van der Waals surface area contributed by atoms with Crippen molar-refractivity contribution in [3.8, 4) is 17.1 Å². The number of piperazine rings is 1. The third-order valence-electron chi connectivity index (χ3n) is 5.73. The Hall–Kier alpha value is -3.72. The number of carbonyl (C=O) groups excluding carboxylic acids is 2. The van der Waals surface area contributed by atoms with Crippen molar-refractivity contribution in [3.05, 3.63) is 59.5 Å². The van der Waals surface area contributed by atoms with Crippen LogP contribution in [0.5, 0.6) is 5.75 Å². The van der Waals surface area contributed by atoms with Gasteiger partial charge in [0.15, 0.2) is 6.61 Å². The minimum Gasteiger partial charge on any atom is -0.482 e. The standard InChI is InChI=1S/C23H23N5O4/c1-15-4-2-3-5-17(15)22-25-21(32-26-22)13-27-8-10-28(11-9-27)23(30)16-6-7-19-18(12-16)24-20(29)14-31-19/h2-7,12H,8-11,13-14H2,1H3,(H,24,29). The molecule has 5 rings (SSSR count). The zero-order valence-electron chi connectivity index (χ0n) is 17.7. The van der Waals surface area contributed by atoms with E-state index < -0.39 is 0 Å². The van der Waals surface area contributed by atoms with E-state index in [-0.39, 0.29) is 18.4 Å². The summed E-state index contributed by atoms with van der Waals surface area (Å²) >= 11 is 0. The number of aromatic nitrogens is 2. The third kappa shape index (κ3) is 4.06. The van der Waals surface area contributed by atoms with Crippen molar-refractivity contribution < 1.29 is 18.8 Å². The first-order chi connectivity index (χ1) is 15.6. The Labute approximate surface area is 185 Å². The van der Waals surface area contributed by atoms with Crippen LogP contribution in [0, 0.1) is 6.92 Å². The highest BCUT2D eigenvalue weighted by molar-refractivity contribution is 5.99. The number of benzene rings is 2. The maximum absolute atomic E-state index is 12.9. The molecule has 0 saturated carbocycles. The summed E-state index contributed by atoms with van der Waals surface area (Å²) in [5.74, 6) is 1.45. The van der Waals surface area contributed by atoms with Gasteiger partial charge in [-0.3, -0.25) is 14.5 Å².